The third-order valence-corrected chi connectivity index (χ3v) is 3.63. The highest BCUT2D eigenvalue weighted by molar-refractivity contribution is 7.14. The highest BCUT2D eigenvalue weighted by atomic mass is 35.5. The van der Waals surface area contributed by atoms with Gasteiger partial charge in [0.2, 0.25) is 0 Å². The Labute approximate surface area is 139 Å². The van der Waals surface area contributed by atoms with E-state index in [9.17, 15) is 9.59 Å². The normalized spacial score (nSPS) is 11.1. The second-order valence-corrected chi connectivity index (χ2v) is 5.53. The van der Waals surface area contributed by atoms with Gasteiger partial charge in [0, 0.05) is 16.0 Å². The topological polar surface area (TPSA) is 80.6 Å². The number of aromatic nitrogens is 1. The van der Waals surface area contributed by atoms with Gasteiger partial charge in [-0.05, 0) is 35.9 Å². The van der Waals surface area contributed by atoms with Crippen molar-refractivity contribution in [1.29, 1.82) is 0 Å². The maximum absolute atomic E-state index is 12.0. The molecule has 2 aromatic rings. The van der Waals surface area contributed by atoms with Crippen LogP contribution in [0.1, 0.15) is 16.1 Å². The van der Waals surface area contributed by atoms with E-state index in [4.69, 9.17) is 23.2 Å². The van der Waals surface area contributed by atoms with Crippen molar-refractivity contribution in [1.82, 2.24) is 4.98 Å². The van der Waals surface area contributed by atoms with E-state index in [1.807, 2.05) is 0 Å². The molecule has 114 valence electrons. The van der Waals surface area contributed by atoms with Crippen molar-refractivity contribution in [2.75, 3.05) is 12.4 Å². The zero-order chi connectivity index (χ0) is 16.1. The van der Waals surface area contributed by atoms with Crippen molar-refractivity contribution < 1.29 is 14.4 Å². The van der Waals surface area contributed by atoms with E-state index >= 15 is 0 Å². The molecule has 0 aliphatic heterocycles. The van der Waals surface area contributed by atoms with Crippen LogP contribution in [0.5, 0.6) is 0 Å². The van der Waals surface area contributed by atoms with Crippen molar-refractivity contribution >= 4 is 56.5 Å². The molecule has 2 rings (SSSR count). The number of carbonyl (C=O) groups is 2. The average Bonchev–Trinajstić information content (AvgIpc) is 2.93. The maximum Gasteiger partial charge on any atom is 0.276 e. The van der Waals surface area contributed by atoms with Crippen LogP contribution in [0.2, 0.25) is 5.02 Å². The Bertz CT molecular complexity index is 728. The molecule has 1 N–H and O–H groups in total. The summed E-state index contributed by atoms with van der Waals surface area (Å²) in [7, 11) is 1.29. The molecule has 6 nitrogen and oxygen atoms in total. The molecule has 1 heterocycles. The van der Waals surface area contributed by atoms with Crippen LogP contribution in [-0.4, -0.2) is 29.0 Å². The van der Waals surface area contributed by atoms with Crippen molar-refractivity contribution in [3.63, 3.8) is 0 Å². The van der Waals surface area contributed by atoms with Crippen LogP contribution in [0.4, 0.5) is 5.13 Å². The van der Waals surface area contributed by atoms with E-state index in [0.717, 1.165) is 11.3 Å². The number of thiazole rings is 1. The fourth-order valence-electron chi connectivity index (χ4n) is 1.49. The van der Waals surface area contributed by atoms with E-state index < -0.39 is 5.24 Å². The van der Waals surface area contributed by atoms with Gasteiger partial charge < -0.3 is 4.84 Å². The molecule has 1 aromatic heterocycles. The van der Waals surface area contributed by atoms with Crippen LogP contribution in [0.3, 0.4) is 0 Å². The van der Waals surface area contributed by atoms with E-state index in [-0.39, 0.29) is 17.3 Å². The van der Waals surface area contributed by atoms with Crippen LogP contribution >= 0.6 is 34.5 Å². The Hall–Kier alpha value is -1.96. The lowest BCUT2D eigenvalue weighted by Crippen LogP contribution is -2.13. The summed E-state index contributed by atoms with van der Waals surface area (Å²) in [6, 6.07) is 6.40. The van der Waals surface area contributed by atoms with Crippen LogP contribution in [0.15, 0.2) is 34.8 Å². The maximum atomic E-state index is 12.0. The number of oxime groups is 1. The van der Waals surface area contributed by atoms with Gasteiger partial charge in [-0.2, -0.15) is 0 Å². The number of hydrogen-bond acceptors (Lipinski definition) is 6. The second-order valence-electron chi connectivity index (χ2n) is 3.90. The average molecular weight is 358 g/mol. The molecule has 9 heteroatoms. The van der Waals surface area contributed by atoms with Gasteiger partial charge in [-0.25, -0.2) is 4.98 Å². The molecule has 22 heavy (non-hydrogen) atoms. The number of anilines is 1. The van der Waals surface area contributed by atoms with Gasteiger partial charge in [-0.3, -0.25) is 14.9 Å². The molecule has 0 aliphatic rings. The zero-order valence-electron chi connectivity index (χ0n) is 11.2. The lowest BCUT2D eigenvalue weighted by Gasteiger charge is -2.01. The summed E-state index contributed by atoms with van der Waals surface area (Å²) in [4.78, 5) is 31.9. The third kappa shape index (κ3) is 4.03. The molecular formula is C13H9Cl2N3O3S. The van der Waals surface area contributed by atoms with Crippen LogP contribution in [-0.2, 0) is 9.63 Å². The summed E-state index contributed by atoms with van der Waals surface area (Å²) < 4.78 is 0. The molecular weight excluding hydrogens is 349 g/mol. The number of hydrogen-bond donors (Lipinski definition) is 1. The fourth-order valence-corrected chi connectivity index (χ4v) is 2.43. The van der Waals surface area contributed by atoms with Crippen LogP contribution in [0, 0.1) is 0 Å². The van der Waals surface area contributed by atoms with Crippen molar-refractivity contribution in [2.24, 2.45) is 5.16 Å². The zero-order valence-corrected chi connectivity index (χ0v) is 13.5. The first-order chi connectivity index (χ1) is 10.5. The summed E-state index contributed by atoms with van der Waals surface area (Å²) in [5.41, 5.74) is 0.519. The van der Waals surface area contributed by atoms with Crippen molar-refractivity contribution in [3.05, 3.63) is 45.9 Å². The van der Waals surface area contributed by atoms with Crippen molar-refractivity contribution in [2.45, 2.75) is 0 Å². The van der Waals surface area contributed by atoms with Gasteiger partial charge in [0.1, 0.15) is 12.8 Å². The molecule has 0 saturated carbocycles. The minimum Gasteiger partial charge on any atom is -0.398 e. The van der Waals surface area contributed by atoms with Gasteiger partial charge in [0.05, 0.1) is 0 Å². The number of nitrogens with one attached hydrogen (secondary N) is 1. The number of amides is 1. The summed E-state index contributed by atoms with van der Waals surface area (Å²) in [5.74, 6) is -0.347. The second kappa shape index (κ2) is 7.35. The van der Waals surface area contributed by atoms with Crippen LogP contribution < -0.4 is 5.32 Å². The Kier molecular flexibility index (Phi) is 5.48. The first-order valence-corrected chi connectivity index (χ1v) is 7.48. The fraction of sp³-hybridized carbons (Fsp3) is 0.0769. The molecule has 0 unspecified atom stereocenters. The van der Waals surface area contributed by atoms with Gasteiger partial charge in [0.25, 0.3) is 11.1 Å². The highest BCUT2D eigenvalue weighted by Gasteiger charge is 2.17. The molecule has 1 aromatic carbocycles. The standard InChI is InChI=1S/C13H9Cl2N3O3S/c1-21-18-10(11(15)19)9-6-22-13(16-9)17-12(20)7-2-4-8(14)5-3-7/h2-6H,1H3,(H,16,17,20). The molecule has 1 amide bonds. The third-order valence-electron chi connectivity index (χ3n) is 2.44. The molecule has 0 saturated heterocycles. The highest BCUT2D eigenvalue weighted by Crippen LogP contribution is 2.18. The Balaban J connectivity index is 2.15. The largest absolute Gasteiger partial charge is 0.398 e. The Morgan fingerprint density at radius 1 is 1.32 bits per heavy atom. The van der Waals surface area contributed by atoms with Gasteiger partial charge in [0.15, 0.2) is 10.8 Å². The minimum absolute atomic E-state index is 0.132. The smallest absolute Gasteiger partial charge is 0.276 e. The molecule has 0 radical (unpaired) electrons. The van der Waals surface area contributed by atoms with Gasteiger partial charge >= 0.3 is 0 Å². The first-order valence-electron chi connectivity index (χ1n) is 5.85. The SMILES string of the molecule is CON=C(C(=O)Cl)c1csc(NC(=O)c2ccc(Cl)cc2)n1. The van der Waals surface area contributed by atoms with Gasteiger partial charge in [-0.1, -0.05) is 16.8 Å². The van der Waals surface area contributed by atoms with E-state index in [2.05, 4.69) is 20.3 Å². The van der Waals surface area contributed by atoms with Gasteiger partial charge in [-0.15, -0.1) is 11.3 Å². The summed E-state index contributed by atoms with van der Waals surface area (Å²) in [5, 5.41) is 7.69. The predicted molar refractivity (Wildman–Crippen MR) is 85.9 cm³/mol. The summed E-state index contributed by atoms with van der Waals surface area (Å²) in [6.07, 6.45) is 0. The lowest BCUT2D eigenvalue weighted by atomic mass is 10.2. The molecule has 0 aliphatic carbocycles. The number of carbonyl (C=O) groups excluding carboxylic acids is 2. The quantitative estimate of drug-likeness (QED) is 0.506. The molecule has 0 atom stereocenters. The number of halogens is 2. The monoisotopic (exact) mass is 357 g/mol. The minimum atomic E-state index is -0.803. The summed E-state index contributed by atoms with van der Waals surface area (Å²) >= 11 is 12.3. The summed E-state index contributed by atoms with van der Waals surface area (Å²) in [6.45, 7) is 0. The number of rotatable bonds is 5. The predicted octanol–water partition coefficient (Wildman–Crippen LogP) is 3.16. The molecule has 0 spiro atoms. The van der Waals surface area contributed by atoms with Crippen LogP contribution in [0.25, 0.3) is 0 Å². The van der Waals surface area contributed by atoms with E-state index in [1.54, 1.807) is 24.3 Å². The van der Waals surface area contributed by atoms with E-state index in [0.29, 0.717) is 15.7 Å². The lowest BCUT2D eigenvalue weighted by molar-refractivity contribution is -0.106. The van der Waals surface area contributed by atoms with E-state index in [1.165, 1.54) is 12.5 Å². The first kappa shape index (κ1) is 16.4. The molecule has 0 fully saturated rings. The number of nitrogens with zero attached hydrogens (tertiary/aromatic N) is 2. The Morgan fingerprint density at radius 2 is 2.00 bits per heavy atom. The van der Waals surface area contributed by atoms with Crippen molar-refractivity contribution in [3.8, 4) is 0 Å². The number of benzene rings is 1. The molecule has 0 bridgehead atoms. The Morgan fingerprint density at radius 3 is 2.59 bits per heavy atom.